The third-order valence-corrected chi connectivity index (χ3v) is 9.32. The Kier molecular flexibility index (Phi) is 7.04. The zero-order chi connectivity index (χ0) is 28.9. The number of aliphatic hydroxyl groups is 1. The molecule has 2 aromatic carbocycles. The van der Waals surface area contributed by atoms with Crippen LogP contribution in [0.3, 0.4) is 0 Å². The van der Waals surface area contributed by atoms with Gasteiger partial charge in [-0.25, -0.2) is 0 Å². The van der Waals surface area contributed by atoms with Crippen LogP contribution in [0.2, 0.25) is 5.02 Å². The molecule has 0 saturated carbocycles. The van der Waals surface area contributed by atoms with E-state index in [0.717, 1.165) is 11.1 Å². The van der Waals surface area contributed by atoms with Crippen molar-refractivity contribution >= 4 is 35.1 Å². The molecule has 214 valence electrons. The van der Waals surface area contributed by atoms with Gasteiger partial charge in [-0.3, -0.25) is 14.4 Å². The number of cyclic esters (lactones) is 1. The van der Waals surface area contributed by atoms with E-state index in [1.165, 1.54) is 4.90 Å². The number of carbonyl (C=O) groups is 3. The number of likely N-dealkylation sites (tertiary alicyclic amines) is 1. The second kappa shape index (κ2) is 10.4. The van der Waals surface area contributed by atoms with E-state index < -0.39 is 47.0 Å². The van der Waals surface area contributed by atoms with E-state index in [9.17, 15) is 19.5 Å². The molecule has 0 aromatic heterocycles. The van der Waals surface area contributed by atoms with Crippen molar-refractivity contribution in [2.75, 3.05) is 24.7 Å². The lowest BCUT2D eigenvalue weighted by Crippen LogP contribution is -2.59. The number of esters is 1. The lowest BCUT2D eigenvalue weighted by atomic mass is 9.73. The molecule has 2 aromatic rings. The van der Waals surface area contributed by atoms with Gasteiger partial charge in [-0.2, -0.15) is 0 Å². The third kappa shape index (κ3) is 4.15. The van der Waals surface area contributed by atoms with Gasteiger partial charge in [0.25, 0.3) is 5.91 Å². The van der Waals surface area contributed by atoms with Crippen molar-refractivity contribution in [1.82, 2.24) is 4.90 Å². The minimum absolute atomic E-state index is 0.0864. The maximum atomic E-state index is 14.8. The summed E-state index contributed by atoms with van der Waals surface area (Å²) in [6, 6.07) is 13.0. The number of halogens is 1. The zero-order valence-corrected chi connectivity index (χ0v) is 23.8. The molecule has 1 spiro atoms. The first-order valence-electron chi connectivity index (χ1n) is 14.0. The molecule has 4 aliphatic heterocycles. The number of amides is 2. The number of benzene rings is 2. The lowest BCUT2D eigenvalue weighted by molar-refractivity contribution is -0.159. The molecule has 41 heavy (non-hydrogen) atoms. The number of para-hydroxylation sites is 1. The molecular weight excluding hydrogens is 544 g/mol. The molecule has 1 unspecified atom stereocenters. The summed E-state index contributed by atoms with van der Waals surface area (Å²) in [5.74, 6) is -3.28. The minimum Gasteiger partial charge on any atom is -0.461 e. The number of rotatable bonds is 6. The molecule has 0 aliphatic carbocycles. The van der Waals surface area contributed by atoms with Gasteiger partial charge >= 0.3 is 5.97 Å². The second-order valence-electron chi connectivity index (χ2n) is 11.2. The summed E-state index contributed by atoms with van der Waals surface area (Å²) in [4.78, 5) is 45.9. The Balaban J connectivity index is 1.53. The molecule has 2 fully saturated rings. The smallest absolute Gasteiger partial charge is 0.313 e. The maximum Gasteiger partial charge on any atom is 0.313 e. The van der Waals surface area contributed by atoms with Crippen LogP contribution in [0, 0.1) is 18.8 Å². The summed E-state index contributed by atoms with van der Waals surface area (Å²) < 4.78 is 12.4. The normalized spacial score (nSPS) is 31.3. The summed E-state index contributed by atoms with van der Waals surface area (Å²) >= 11 is 6.64. The fourth-order valence-corrected chi connectivity index (χ4v) is 7.55. The van der Waals surface area contributed by atoms with E-state index in [1.54, 1.807) is 23.1 Å². The predicted molar refractivity (Wildman–Crippen MR) is 153 cm³/mol. The first-order chi connectivity index (χ1) is 19.8. The Morgan fingerprint density at radius 1 is 1.02 bits per heavy atom. The predicted octanol–water partition coefficient (Wildman–Crippen LogP) is 3.63. The minimum atomic E-state index is -1.45. The number of ether oxygens (including phenoxy) is 2. The quantitative estimate of drug-likeness (QED) is 0.417. The highest BCUT2D eigenvalue weighted by atomic mass is 35.5. The molecule has 0 radical (unpaired) electrons. The Morgan fingerprint density at radius 3 is 2.51 bits per heavy atom. The number of anilines is 1. The van der Waals surface area contributed by atoms with Crippen molar-refractivity contribution in [2.24, 2.45) is 11.8 Å². The number of nitrogens with zero attached hydrogens (tertiary/aromatic N) is 2. The van der Waals surface area contributed by atoms with Gasteiger partial charge < -0.3 is 24.4 Å². The molecule has 6 atom stereocenters. The van der Waals surface area contributed by atoms with Crippen LogP contribution >= 0.6 is 11.6 Å². The summed E-state index contributed by atoms with van der Waals surface area (Å²) in [6.07, 6.45) is 7.89. The summed E-state index contributed by atoms with van der Waals surface area (Å²) in [6.45, 7) is 3.69. The summed E-state index contributed by atoms with van der Waals surface area (Å²) in [7, 11) is 0. The van der Waals surface area contributed by atoms with Crippen LogP contribution in [0.4, 0.5) is 5.69 Å². The van der Waals surface area contributed by atoms with Gasteiger partial charge in [0, 0.05) is 6.54 Å². The van der Waals surface area contributed by atoms with Gasteiger partial charge in [-0.15, -0.1) is 0 Å². The van der Waals surface area contributed by atoms with E-state index in [2.05, 4.69) is 0 Å². The average molecular weight is 577 g/mol. The molecular formula is C32H33ClN2O6. The van der Waals surface area contributed by atoms with Gasteiger partial charge in [-0.05, 0) is 43.0 Å². The third-order valence-electron chi connectivity index (χ3n) is 9.01. The fraction of sp³-hybridized carbons (Fsp3) is 0.406. The average Bonchev–Trinajstić information content (AvgIpc) is 3.25. The first-order valence-corrected chi connectivity index (χ1v) is 14.4. The van der Waals surface area contributed by atoms with Crippen LogP contribution in [-0.4, -0.2) is 70.8 Å². The largest absolute Gasteiger partial charge is 0.461 e. The number of aryl methyl sites for hydroxylation is 1. The molecule has 4 heterocycles. The molecule has 6 rings (SSSR count). The lowest BCUT2D eigenvalue weighted by Gasteiger charge is -2.41. The van der Waals surface area contributed by atoms with Crippen molar-refractivity contribution in [2.45, 2.75) is 50.0 Å². The fourth-order valence-electron chi connectivity index (χ4n) is 7.23. The molecule has 0 bridgehead atoms. The Hall–Kier alpha value is -3.46. The highest BCUT2D eigenvalue weighted by Gasteiger charge is 2.76. The highest BCUT2D eigenvalue weighted by molar-refractivity contribution is 6.34. The van der Waals surface area contributed by atoms with Crippen molar-refractivity contribution in [3.63, 3.8) is 0 Å². The van der Waals surface area contributed by atoms with Crippen LogP contribution in [0.5, 0.6) is 0 Å². The number of aliphatic hydroxyl groups excluding tert-OH is 1. The number of fused-ring (bicyclic) bond motifs is 2. The standard InChI is InChI=1S/C32H33ClN2O6/c1-3-31-14-9-17-40-30(39)25(31)24-28(37)35(22(19-36)18-21-11-5-4-6-12-21)27-29(38)34(16-8-15-32(24,27)41-31)26-20(2)10-7-13-23(26)33/h4-15,22,24-25,27,36H,3,16-19H2,1-2H3/t22-,24+,25-,27?,31+,32+/m1/s1. The molecule has 1 N–H and O–H groups in total. The zero-order valence-electron chi connectivity index (χ0n) is 23.0. The van der Waals surface area contributed by atoms with Gasteiger partial charge in [0.15, 0.2) is 0 Å². The molecule has 2 saturated heterocycles. The summed E-state index contributed by atoms with van der Waals surface area (Å²) in [5.41, 5.74) is -0.311. The van der Waals surface area contributed by atoms with Crippen molar-refractivity contribution in [3.8, 4) is 0 Å². The molecule has 9 heteroatoms. The van der Waals surface area contributed by atoms with Gasteiger partial charge in [-0.1, -0.05) is 79.2 Å². The van der Waals surface area contributed by atoms with Crippen LogP contribution in [-0.2, 0) is 30.3 Å². The van der Waals surface area contributed by atoms with E-state index in [1.807, 2.05) is 68.5 Å². The Morgan fingerprint density at radius 2 is 1.80 bits per heavy atom. The Labute approximate surface area is 244 Å². The van der Waals surface area contributed by atoms with Crippen LogP contribution < -0.4 is 4.90 Å². The van der Waals surface area contributed by atoms with Crippen LogP contribution in [0.1, 0.15) is 24.5 Å². The molecule has 2 amide bonds. The molecule has 8 nitrogen and oxygen atoms in total. The number of hydrogen-bond acceptors (Lipinski definition) is 6. The van der Waals surface area contributed by atoms with Crippen molar-refractivity contribution in [1.29, 1.82) is 0 Å². The van der Waals surface area contributed by atoms with E-state index in [0.29, 0.717) is 23.6 Å². The van der Waals surface area contributed by atoms with Crippen molar-refractivity contribution in [3.05, 3.63) is 89.0 Å². The van der Waals surface area contributed by atoms with Gasteiger partial charge in [0.05, 0.1) is 29.3 Å². The number of hydrogen-bond donors (Lipinski definition) is 1. The summed E-state index contributed by atoms with van der Waals surface area (Å²) in [5, 5.41) is 11.1. The van der Waals surface area contributed by atoms with Gasteiger partial charge in [0.2, 0.25) is 5.91 Å². The monoisotopic (exact) mass is 576 g/mol. The van der Waals surface area contributed by atoms with E-state index >= 15 is 0 Å². The Bertz CT molecular complexity index is 1420. The first kappa shape index (κ1) is 27.7. The second-order valence-corrected chi connectivity index (χ2v) is 11.6. The van der Waals surface area contributed by atoms with E-state index in [4.69, 9.17) is 21.1 Å². The van der Waals surface area contributed by atoms with Gasteiger partial charge in [0.1, 0.15) is 29.8 Å². The van der Waals surface area contributed by atoms with Crippen LogP contribution in [0.25, 0.3) is 0 Å². The van der Waals surface area contributed by atoms with Crippen LogP contribution in [0.15, 0.2) is 72.8 Å². The molecule has 4 aliphatic rings. The SMILES string of the molecule is CC[C@]12C=CCOC(=O)[C@H]1[C@H]1C(=O)N([C@@H](CO)Cc3ccccc3)C3C(=O)N(c4c(C)cccc4Cl)CC=C[C@@]31O2. The van der Waals surface area contributed by atoms with E-state index in [-0.39, 0.29) is 25.7 Å². The van der Waals surface area contributed by atoms with Crippen molar-refractivity contribution < 1.29 is 29.0 Å². The maximum absolute atomic E-state index is 14.8. The highest BCUT2D eigenvalue weighted by Crippen LogP contribution is 2.59. The number of carbonyl (C=O) groups excluding carboxylic acids is 3. The topological polar surface area (TPSA) is 96.4 Å².